The lowest BCUT2D eigenvalue weighted by Crippen LogP contribution is -2.23. The Morgan fingerprint density at radius 2 is 1.94 bits per heavy atom. The number of carbonyl (C=O) groups excluding carboxylic acids is 1. The Kier molecular flexibility index (Phi) is 2.38. The molecule has 0 atom stereocenters. The van der Waals surface area contributed by atoms with E-state index in [1.165, 1.54) is 5.06 Å². The summed E-state index contributed by atoms with van der Waals surface area (Å²) < 4.78 is 0. The number of hydroxylamine groups is 1. The lowest BCUT2D eigenvalue weighted by molar-refractivity contribution is -0.140. The van der Waals surface area contributed by atoms with E-state index in [1.807, 2.05) is 0 Å². The molecule has 1 aliphatic heterocycles. The van der Waals surface area contributed by atoms with Crippen molar-refractivity contribution in [1.82, 2.24) is 0 Å². The molecule has 1 aliphatic carbocycles. The Hall–Kier alpha value is -1.88. The maximum absolute atomic E-state index is 11.5. The molecule has 2 fully saturated rings. The largest absolute Gasteiger partial charge is 0.481 e. The first kappa shape index (κ1) is 11.2. The van der Waals surface area contributed by atoms with E-state index < -0.39 is 11.4 Å². The molecule has 5 heteroatoms. The van der Waals surface area contributed by atoms with Crippen LogP contribution >= 0.6 is 0 Å². The zero-order chi connectivity index (χ0) is 12.8. The lowest BCUT2D eigenvalue weighted by atomic mass is 9.96. The Balaban J connectivity index is 1.86. The maximum Gasteiger partial charge on any atom is 0.314 e. The second kappa shape index (κ2) is 3.81. The molecular weight excluding hydrogens is 234 g/mol. The van der Waals surface area contributed by atoms with Gasteiger partial charge >= 0.3 is 5.97 Å². The molecular formula is C13H13NO4. The average molecular weight is 247 g/mol. The third-order valence-corrected chi connectivity index (χ3v) is 3.58. The molecule has 1 N–H and O–H groups in total. The van der Waals surface area contributed by atoms with E-state index in [1.54, 1.807) is 24.3 Å². The molecule has 1 saturated heterocycles. The van der Waals surface area contributed by atoms with Crippen molar-refractivity contribution in [3.8, 4) is 0 Å². The minimum absolute atomic E-state index is 0.0675. The average Bonchev–Trinajstić information content (AvgIpc) is 3.08. The van der Waals surface area contributed by atoms with Crippen molar-refractivity contribution < 1.29 is 19.5 Å². The Morgan fingerprint density at radius 3 is 2.39 bits per heavy atom. The summed E-state index contributed by atoms with van der Waals surface area (Å²) >= 11 is 0. The van der Waals surface area contributed by atoms with E-state index in [-0.39, 0.29) is 5.91 Å². The number of anilines is 1. The highest BCUT2D eigenvalue weighted by Crippen LogP contribution is 2.48. The van der Waals surface area contributed by atoms with E-state index in [4.69, 9.17) is 4.84 Å². The molecule has 2 aliphatic rings. The normalized spacial score (nSPS) is 21.1. The number of aliphatic carboxylic acids is 1. The Morgan fingerprint density at radius 1 is 1.28 bits per heavy atom. The van der Waals surface area contributed by atoms with Crippen molar-refractivity contribution in [3.05, 3.63) is 29.8 Å². The molecule has 5 nitrogen and oxygen atoms in total. The fourth-order valence-electron chi connectivity index (χ4n) is 2.28. The zero-order valence-corrected chi connectivity index (χ0v) is 9.76. The molecule has 0 radical (unpaired) electrons. The fourth-order valence-corrected chi connectivity index (χ4v) is 2.28. The molecule has 94 valence electrons. The van der Waals surface area contributed by atoms with Crippen LogP contribution in [0.2, 0.25) is 0 Å². The van der Waals surface area contributed by atoms with E-state index in [0.29, 0.717) is 31.6 Å². The van der Waals surface area contributed by atoms with Crippen molar-refractivity contribution in [2.75, 3.05) is 11.7 Å². The predicted octanol–water partition coefficient (Wildman–Crippen LogP) is 1.47. The van der Waals surface area contributed by atoms with Crippen LogP contribution in [0, 0.1) is 0 Å². The SMILES string of the molecule is O=C1CCON1c1ccc(C2(C(=O)O)CC2)cc1. The van der Waals surface area contributed by atoms with Gasteiger partial charge < -0.3 is 5.11 Å². The van der Waals surface area contributed by atoms with Crippen LogP contribution in [-0.2, 0) is 19.8 Å². The first-order valence-electron chi connectivity index (χ1n) is 5.93. The molecule has 18 heavy (non-hydrogen) atoms. The molecule has 1 saturated carbocycles. The fraction of sp³-hybridized carbons (Fsp3) is 0.385. The third-order valence-electron chi connectivity index (χ3n) is 3.58. The third kappa shape index (κ3) is 1.59. The molecule has 0 aromatic heterocycles. The summed E-state index contributed by atoms with van der Waals surface area (Å²) in [6.07, 6.45) is 1.75. The first-order valence-corrected chi connectivity index (χ1v) is 5.93. The van der Waals surface area contributed by atoms with Crippen LogP contribution in [0.4, 0.5) is 5.69 Å². The Labute approximate surface area is 104 Å². The highest BCUT2D eigenvalue weighted by molar-refractivity contribution is 5.93. The summed E-state index contributed by atoms with van der Waals surface area (Å²) in [5, 5.41) is 10.5. The van der Waals surface area contributed by atoms with Crippen LogP contribution in [0.25, 0.3) is 0 Å². The van der Waals surface area contributed by atoms with Gasteiger partial charge in [0.1, 0.15) is 0 Å². The second-order valence-corrected chi connectivity index (χ2v) is 4.71. The van der Waals surface area contributed by atoms with Gasteiger partial charge in [0, 0.05) is 0 Å². The van der Waals surface area contributed by atoms with Gasteiger partial charge in [0.2, 0.25) is 0 Å². The van der Waals surface area contributed by atoms with Crippen molar-refractivity contribution in [2.24, 2.45) is 0 Å². The predicted molar refractivity (Wildman–Crippen MR) is 63.0 cm³/mol. The number of nitrogens with zero attached hydrogens (tertiary/aromatic N) is 1. The molecule has 0 bridgehead atoms. The lowest BCUT2D eigenvalue weighted by Gasteiger charge is -2.16. The van der Waals surface area contributed by atoms with Gasteiger partial charge in [0.05, 0.1) is 24.1 Å². The number of hydrogen-bond donors (Lipinski definition) is 1. The zero-order valence-electron chi connectivity index (χ0n) is 9.76. The van der Waals surface area contributed by atoms with Crippen molar-refractivity contribution in [2.45, 2.75) is 24.7 Å². The monoisotopic (exact) mass is 247 g/mol. The number of amides is 1. The molecule has 1 aromatic carbocycles. The van der Waals surface area contributed by atoms with Crippen molar-refractivity contribution >= 4 is 17.6 Å². The molecule has 1 amide bonds. The van der Waals surface area contributed by atoms with Gasteiger partial charge in [0.15, 0.2) is 0 Å². The quantitative estimate of drug-likeness (QED) is 0.878. The molecule has 0 spiro atoms. The van der Waals surface area contributed by atoms with Gasteiger partial charge in [-0.05, 0) is 30.5 Å². The topological polar surface area (TPSA) is 66.8 Å². The first-order chi connectivity index (χ1) is 8.63. The highest BCUT2D eigenvalue weighted by Gasteiger charge is 2.51. The smallest absolute Gasteiger partial charge is 0.314 e. The molecule has 0 unspecified atom stereocenters. The van der Waals surface area contributed by atoms with Gasteiger partial charge in [-0.1, -0.05) is 12.1 Å². The van der Waals surface area contributed by atoms with Crippen LogP contribution in [0.15, 0.2) is 24.3 Å². The summed E-state index contributed by atoms with van der Waals surface area (Å²) in [7, 11) is 0. The van der Waals surface area contributed by atoms with Crippen molar-refractivity contribution in [3.63, 3.8) is 0 Å². The molecule has 1 aromatic rings. The summed E-state index contributed by atoms with van der Waals surface area (Å²) in [5.74, 6) is -0.842. The van der Waals surface area contributed by atoms with Gasteiger partial charge in [-0.15, -0.1) is 0 Å². The summed E-state index contributed by atoms with van der Waals surface area (Å²) in [4.78, 5) is 27.9. The second-order valence-electron chi connectivity index (χ2n) is 4.71. The van der Waals surface area contributed by atoms with Crippen LogP contribution < -0.4 is 5.06 Å². The maximum atomic E-state index is 11.5. The van der Waals surface area contributed by atoms with Crippen LogP contribution in [0.5, 0.6) is 0 Å². The van der Waals surface area contributed by atoms with Gasteiger partial charge in [-0.3, -0.25) is 14.4 Å². The van der Waals surface area contributed by atoms with E-state index in [0.717, 1.165) is 5.56 Å². The molecule has 1 heterocycles. The number of hydrogen-bond acceptors (Lipinski definition) is 3. The van der Waals surface area contributed by atoms with Crippen molar-refractivity contribution in [1.29, 1.82) is 0 Å². The van der Waals surface area contributed by atoms with Gasteiger partial charge in [-0.25, -0.2) is 0 Å². The van der Waals surface area contributed by atoms with E-state index >= 15 is 0 Å². The summed E-state index contributed by atoms with van der Waals surface area (Å²) in [6.45, 7) is 0.402. The standard InChI is InChI=1S/C13H13NO4/c15-11-5-8-18-14(11)10-3-1-9(2-4-10)13(6-7-13)12(16)17/h1-4H,5-8H2,(H,16,17). The number of benzene rings is 1. The number of rotatable bonds is 3. The van der Waals surface area contributed by atoms with Crippen LogP contribution in [-0.4, -0.2) is 23.6 Å². The minimum atomic E-state index is -0.774. The number of carboxylic acids is 1. The minimum Gasteiger partial charge on any atom is -0.481 e. The Bertz CT molecular complexity index is 504. The van der Waals surface area contributed by atoms with E-state index in [9.17, 15) is 14.7 Å². The van der Waals surface area contributed by atoms with Gasteiger partial charge in [-0.2, -0.15) is 5.06 Å². The highest BCUT2D eigenvalue weighted by atomic mass is 16.7. The summed E-state index contributed by atoms with van der Waals surface area (Å²) in [5.41, 5.74) is 0.752. The van der Waals surface area contributed by atoms with Crippen LogP contribution in [0.1, 0.15) is 24.8 Å². The van der Waals surface area contributed by atoms with Gasteiger partial charge in [0.25, 0.3) is 5.91 Å². The number of carboxylic acid groups (broad SMARTS) is 1. The van der Waals surface area contributed by atoms with E-state index in [2.05, 4.69) is 0 Å². The molecule has 3 rings (SSSR count). The summed E-state index contributed by atoms with van der Waals surface area (Å²) in [6, 6.07) is 7.01. The number of carbonyl (C=O) groups is 2. The van der Waals surface area contributed by atoms with Crippen LogP contribution in [0.3, 0.4) is 0 Å².